The SMILES string of the molecule is CC(C)N(N)/C1=C(\N)c2ccccc2CN(C(C)C)c2ccccc21. The molecule has 0 fully saturated rings. The number of hydrogen-bond acceptors (Lipinski definition) is 4. The smallest absolute Gasteiger partial charge is 0.0849 e. The van der Waals surface area contributed by atoms with Gasteiger partial charge in [0.25, 0.3) is 0 Å². The standard InChI is InChI=1S/C21H28N4/c1-14(2)24-13-16-9-5-6-10-17(16)20(22)21(25(23)15(3)4)18-11-7-8-12-19(18)24/h5-12,14-15H,13,22-23H2,1-4H3/b21-20-. The summed E-state index contributed by atoms with van der Waals surface area (Å²) in [5, 5.41) is 1.79. The fourth-order valence-electron chi connectivity index (χ4n) is 3.38. The molecule has 3 rings (SSSR count). The van der Waals surface area contributed by atoms with Gasteiger partial charge in [-0.1, -0.05) is 42.5 Å². The van der Waals surface area contributed by atoms with Crippen LogP contribution in [0.5, 0.6) is 0 Å². The summed E-state index contributed by atoms with van der Waals surface area (Å²) in [6.45, 7) is 9.42. The van der Waals surface area contributed by atoms with Crippen molar-refractivity contribution in [1.29, 1.82) is 0 Å². The largest absolute Gasteiger partial charge is 0.396 e. The zero-order valence-corrected chi connectivity index (χ0v) is 15.5. The van der Waals surface area contributed by atoms with Gasteiger partial charge in [-0.25, -0.2) is 5.84 Å². The van der Waals surface area contributed by atoms with Gasteiger partial charge in [0.05, 0.1) is 11.4 Å². The maximum atomic E-state index is 6.67. The molecule has 0 radical (unpaired) electrons. The summed E-state index contributed by atoms with van der Waals surface area (Å²) in [4.78, 5) is 2.41. The molecule has 2 aromatic rings. The molecule has 0 bridgehead atoms. The van der Waals surface area contributed by atoms with Gasteiger partial charge in [-0.2, -0.15) is 0 Å². The zero-order valence-electron chi connectivity index (χ0n) is 15.5. The highest BCUT2D eigenvalue weighted by molar-refractivity contribution is 5.93. The number of nitrogens with zero attached hydrogens (tertiary/aromatic N) is 2. The number of rotatable bonds is 3. The Morgan fingerprint density at radius 3 is 2.16 bits per heavy atom. The molecule has 4 nitrogen and oxygen atoms in total. The molecule has 25 heavy (non-hydrogen) atoms. The van der Waals surface area contributed by atoms with Crippen LogP contribution in [0.25, 0.3) is 11.4 Å². The van der Waals surface area contributed by atoms with Crippen LogP contribution in [0.3, 0.4) is 0 Å². The van der Waals surface area contributed by atoms with E-state index in [0.29, 0.717) is 6.04 Å². The monoisotopic (exact) mass is 336 g/mol. The Balaban J connectivity index is 2.36. The van der Waals surface area contributed by atoms with E-state index in [2.05, 4.69) is 69.0 Å². The van der Waals surface area contributed by atoms with Gasteiger partial charge >= 0.3 is 0 Å². The third-order valence-electron chi connectivity index (χ3n) is 4.81. The van der Waals surface area contributed by atoms with E-state index in [1.54, 1.807) is 5.01 Å². The van der Waals surface area contributed by atoms with E-state index in [1.807, 2.05) is 12.1 Å². The predicted octanol–water partition coefficient (Wildman–Crippen LogP) is 3.78. The Hall–Kier alpha value is -2.46. The van der Waals surface area contributed by atoms with Gasteiger partial charge in [-0.15, -0.1) is 0 Å². The van der Waals surface area contributed by atoms with Crippen LogP contribution in [0.4, 0.5) is 5.69 Å². The van der Waals surface area contributed by atoms with Gasteiger partial charge in [-0.05, 0) is 39.3 Å². The van der Waals surface area contributed by atoms with Crippen molar-refractivity contribution in [3.8, 4) is 0 Å². The molecule has 0 unspecified atom stereocenters. The van der Waals surface area contributed by atoms with Crippen molar-refractivity contribution in [1.82, 2.24) is 5.01 Å². The average Bonchev–Trinajstić information content (AvgIpc) is 2.59. The summed E-state index contributed by atoms with van der Waals surface area (Å²) in [7, 11) is 0. The second-order valence-corrected chi connectivity index (χ2v) is 7.16. The van der Waals surface area contributed by atoms with Crippen molar-refractivity contribution in [3.05, 3.63) is 65.2 Å². The lowest BCUT2D eigenvalue weighted by Gasteiger charge is -2.37. The lowest BCUT2D eigenvalue weighted by atomic mass is 9.95. The highest BCUT2D eigenvalue weighted by Gasteiger charge is 2.26. The third kappa shape index (κ3) is 3.10. The number of fused-ring (bicyclic) bond motifs is 2. The van der Waals surface area contributed by atoms with Crippen LogP contribution in [0.2, 0.25) is 0 Å². The van der Waals surface area contributed by atoms with Crippen molar-refractivity contribution in [3.63, 3.8) is 0 Å². The summed E-state index contributed by atoms with van der Waals surface area (Å²) in [6, 6.07) is 17.2. The minimum atomic E-state index is 0.140. The number of hydrazine groups is 1. The Morgan fingerprint density at radius 2 is 1.52 bits per heavy atom. The summed E-state index contributed by atoms with van der Waals surface area (Å²) in [5.74, 6) is 6.47. The van der Waals surface area contributed by atoms with E-state index >= 15 is 0 Å². The summed E-state index contributed by atoms with van der Waals surface area (Å²) >= 11 is 0. The van der Waals surface area contributed by atoms with Crippen LogP contribution in [-0.4, -0.2) is 17.1 Å². The van der Waals surface area contributed by atoms with Gasteiger partial charge in [0.15, 0.2) is 0 Å². The molecule has 1 heterocycles. The van der Waals surface area contributed by atoms with Crippen LogP contribution in [-0.2, 0) is 6.54 Å². The van der Waals surface area contributed by atoms with Crippen molar-refractivity contribution < 1.29 is 0 Å². The molecular weight excluding hydrogens is 308 g/mol. The molecule has 2 aromatic carbocycles. The Kier molecular flexibility index (Phi) is 4.73. The van der Waals surface area contributed by atoms with E-state index in [0.717, 1.165) is 29.1 Å². The van der Waals surface area contributed by atoms with Crippen LogP contribution in [0.1, 0.15) is 44.4 Å². The molecule has 0 aliphatic carbocycles. The van der Waals surface area contributed by atoms with Crippen molar-refractivity contribution in [2.45, 2.75) is 46.3 Å². The fraction of sp³-hybridized carbons (Fsp3) is 0.333. The van der Waals surface area contributed by atoms with Crippen LogP contribution >= 0.6 is 0 Å². The van der Waals surface area contributed by atoms with E-state index in [1.165, 1.54) is 11.3 Å². The first-order chi connectivity index (χ1) is 11.9. The van der Waals surface area contributed by atoms with E-state index in [9.17, 15) is 0 Å². The number of anilines is 1. The summed E-state index contributed by atoms with van der Waals surface area (Å²) in [6.07, 6.45) is 0. The maximum Gasteiger partial charge on any atom is 0.0849 e. The Bertz CT molecular complexity index is 792. The van der Waals surface area contributed by atoms with Gasteiger partial charge in [0, 0.05) is 35.4 Å². The topological polar surface area (TPSA) is 58.5 Å². The predicted molar refractivity (Wildman–Crippen MR) is 106 cm³/mol. The van der Waals surface area contributed by atoms with E-state index in [-0.39, 0.29) is 6.04 Å². The fourth-order valence-corrected chi connectivity index (χ4v) is 3.38. The van der Waals surface area contributed by atoms with Crippen LogP contribution < -0.4 is 16.5 Å². The first-order valence-electron chi connectivity index (χ1n) is 8.89. The number of nitrogens with two attached hydrogens (primary N) is 2. The molecule has 0 aromatic heterocycles. The summed E-state index contributed by atoms with van der Waals surface area (Å²) in [5.41, 5.74) is 12.8. The average molecular weight is 336 g/mol. The lowest BCUT2D eigenvalue weighted by molar-refractivity contribution is 0.343. The number of para-hydroxylation sites is 1. The second-order valence-electron chi connectivity index (χ2n) is 7.16. The van der Waals surface area contributed by atoms with Crippen molar-refractivity contribution in [2.24, 2.45) is 11.6 Å². The second kappa shape index (κ2) is 6.81. The molecule has 1 aliphatic rings. The first kappa shape index (κ1) is 17.4. The Morgan fingerprint density at radius 1 is 0.920 bits per heavy atom. The van der Waals surface area contributed by atoms with Gasteiger partial charge in [-0.3, -0.25) is 0 Å². The first-order valence-corrected chi connectivity index (χ1v) is 8.89. The normalized spacial score (nSPS) is 17.2. The van der Waals surface area contributed by atoms with Crippen LogP contribution in [0, 0.1) is 0 Å². The van der Waals surface area contributed by atoms with Gasteiger partial charge in [0.1, 0.15) is 0 Å². The number of hydrogen-bond donors (Lipinski definition) is 2. The molecule has 4 N–H and O–H groups in total. The highest BCUT2D eigenvalue weighted by atomic mass is 15.4. The Labute approximate surface area is 150 Å². The molecule has 0 saturated carbocycles. The van der Waals surface area contributed by atoms with E-state index in [4.69, 9.17) is 11.6 Å². The minimum Gasteiger partial charge on any atom is -0.396 e. The molecular formula is C21H28N4. The molecule has 0 amide bonds. The minimum absolute atomic E-state index is 0.140. The van der Waals surface area contributed by atoms with Crippen molar-refractivity contribution in [2.75, 3.05) is 4.90 Å². The lowest BCUT2D eigenvalue weighted by Crippen LogP contribution is -2.39. The molecule has 1 aliphatic heterocycles. The quantitative estimate of drug-likeness (QED) is 0.661. The van der Waals surface area contributed by atoms with Crippen LogP contribution in [0.15, 0.2) is 48.5 Å². The maximum absolute atomic E-state index is 6.67. The number of benzene rings is 2. The molecule has 132 valence electrons. The van der Waals surface area contributed by atoms with Gasteiger partial charge < -0.3 is 15.6 Å². The summed E-state index contributed by atoms with van der Waals surface area (Å²) < 4.78 is 0. The molecule has 0 atom stereocenters. The molecule has 0 saturated heterocycles. The van der Waals surface area contributed by atoms with Crippen molar-refractivity contribution >= 4 is 17.1 Å². The third-order valence-corrected chi connectivity index (χ3v) is 4.81. The van der Waals surface area contributed by atoms with Gasteiger partial charge in [0.2, 0.25) is 0 Å². The molecule has 0 spiro atoms. The van der Waals surface area contributed by atoms with E-state index < -0.39 is 0 Å². The zero-order chi connectivity index (χ0) is 18.1. The highest BCUT2D eigenvalue weighted by Crippen LogP contribution is 2.37. The molecule has 4 heteroatoms.